The van der Waals surface area contributed by atoms with Gasteiger partial charge in [0.1, 0.15) is 12.4 Å². The smallest absolute Gasteiger partial charge is 0.557 e. The lowest BCUT2D eigenvalue weighted by atomic mass is 10.7. The molecule has 0 saturated heterocycles. The highest BCUT2D eigenvalue weighted by molar-refractivity contribution is 7.27. The van der Waals surface area contributed by atoms with E-state index in [0.717, 1.165) is 0 Å². The predicted molar refractivity (Wildman–Crippen MR) is 33.8 cm³/mol. The minimum absolute atomic E-state index is 0.488. The molecule has 0 aliphatic rings. The van der Waals surface area contributed by atoms with Crippen molar-refractivity contribution < 1.29 is 9.07 Å². The molecule has 0 aromatic carbocycles. The minimum Gasteiger partial charge on any atom is -0.583 e. The fourth-order valence-electron chi connectivity index (χ4n) is 0.722. The van der Waals surface area contributed by atoms with Crippen LogP contribution in [0.4, 0.5) is 0 Å². The van der Waals surface area contributed by atoms with Crippen LogP contribution in [0.3, 0.4) is 0 Å². The van der Waals surface area contributed by atoms with Crippen molar-refractivity contribution in [2.24, 2.45) is 0 Å². The van der Waals surface area contributed by atoms with Crippen LogP contribution >= 0.6 is 10.8 Å². The first-order valence-electron chi connectivity index (χ1n) is 2.69. The van der Waals surface area contributed by atoms with E-state index < -0.39 is 10.8 Å². The van der Waals surface area contributed by atoms with E-state index in [2.05, 4.69) is 10.1 Å². The average molecular weight is 154 g/mol. The van der Waals surface area contributed by atoms with Gasteiger partial charge in [-0.2, -0.15) is 0 Å². The summed E-state index contributed by atoms with van der Waals surface area (Å²) in [5.74, 6) is 0. The van der Waals surface area contributed by atoms with Gasteiger partial charge in [0.25, 0.3) is 5.51 Å². The number of hydrogen-bond donors (Lipinski definition) is 0. The topological polar surface area (TPSA) is 52.9 Å². The van der Waals surface area contributed by atoms with Crippen LogP contribution < -0.4 is 4.52 Å². The Morgan fingerprint density at radius 3 is 3.30 bits per heavy atom. The standard InChI is InChI=1S/C5H4N3OS/c9-10-4-7-8-3-1-2-6-5(8)10/h1-4H/q+1. The number of fused-ring (bicyclic) bond motifs is 1. The molecular weight excluding hydrogens is 150 g/mol. The third kappa shape index (κ3) is 0.680. The molecule has 0 fully saturated rings. The zero-order valence-corrected chi connectivity index (χ0v) is 5.78. The number of hydrogen-bond acceptors (Lipinski definition) is 3. The Balaban J connectivity index is 2.93. The molecule has 5 heteroatoms. The molecule has 0 spiro atoms. The van der Waals surface area contributed by atoms with Gasteiger partial charge in [-0.05, 0) is 9.61 Å². The van der Waals surface area contributed by atoms with Gasteiger partial charge in [-0.15, -0.1) is 0 Å². The lowest BCUT2D eigenvalue weighted by molar-refractivity contribution is -0.578. The van der Waals surface area contributed by atoms with Crippen LogP contribution in [0.1, 0.15) is 0 Å². The fraction of sp³-hybridized carbons (Fsp3) is 0. The van der Waals surface area contributed by atoms with Crippen LogP contribution in [0.2, 0.25) is 0 Å². The van der Waals surface area contributed by atoms with Gasteiger partial charge in [-0.1, -0.05) is 0 Å². The van der Waals surface area contributed by atoms with Crippen LogP contribution in [0.15, 0.2) is 24.0 Å². The van der Waals surface area contributed by atoms with E-state index in [1.165, 1.54) is 10.0 Å². The molecule has 10 heavy (non-hydrogen) atoms. The molecule has 0 aliphatic carbocycles. The van der Waals surface area contributed by atoms with Crippen LogP contribution in [0, 0.1) is 0 Å². The van der Waals surface area contributed by atoms with Crippen LogP contribution in [-0.4, -0.2) is 14.6 Å². The molecule has 0 amide bonds. The highest BCUT2D eigenvalue weighted by atomic mass is 32.2. The monoisotopic (exact) mass is 154 g/mol. The van der Waals surface area contributed by atoms with Gasteiger partial charge in [0.05, 0.1) is 10.8 Å². The summed E-state index contributed by atoms with van der Waals surface area (Å²) in [5, 5.41) is 3.81. The Kier molecular flexibility index (Phi) is 1.12. The maximum Gasteiger partial charge on any atom is 0.557 e. The molecule has 1 atom stereocenters. The minimum atomic E-state index is -1.14. The van der Waals surface area contributed by atoms with Crippen molar-refractivity contribution in [3.05, 3.63) is 24.0 Å². The molecule has 2 heterocycles. The molecule has 1 unspecified atom stereocenters. The summed E-state index contributed by atoms with van der Waals surface area (Å²) in [5.41, 5.74) is 1.36. The van der Waals surface area contributed by atoms with Gasteiger partial charge in [-0.3, -0.25) is 0 Å². The molecule has 4 nitrogen and oxygen atoms in total. The lowest BCUT2D eigenvalue weighted by Crippen LogP contribution is -2.22. The van der Waals surface area contributed by atoms with Gasteiger partial charge >= 0.3 is 4.96 Å². The van der Waals surface area contributed by atoms with E-state index in [1.54, 1.807) is 18.5 Å². The van der Waals surface area contributed by atoms with Crippen molar-refractivity contribution in [1.82, 2.24) is 10.1 Å². The Labute approximate surface area is 59.6 Å². The first-order chi connectivity index (χ1) is 4.88. The van der Waals surface area contributed by atoms with Gasteiger partial charge < -0.3 is 4.55 Å². The highest BCUT2D eigenvalue weighted by Gasteiger charge is 2.14. The number of rotatable bonds is 0. The van der Waals surface area contributed by atoms with Gasteiger partial charge in [0, 0.05) is 11.1 Å². The van der Waals surface area contributed by atoms with Gasteiger partial charge in [0.2, 0.25) is 0 Å². The third-order valence-electron chi connectivity index (χ3n) is 1.14. The number of aromatic nitrogens is 3. The second-order valence-electron chi connectivity index (χ2n) is 1.77. The van der Waals surface area contributed by atoms with E-state index in [4.69, 9.17) is 0 Å². The summed E-state index contributed by atoms with van der Waals surface area (Å²) in [4.78, 5) is 4.37. The Bertz CT molecular complexity index is 358. The second kappa shape index (κ2) is 1.96. The predicted octanol–water partition coefficient (Wildman–Crippen LogP) is -0.0571. The Morgan fingerprint density at radius 1 is 1.60 bits per heavy atom. The Morgan fingerprint density at radius 2 is 2.50 bits per heavy atom. The van der Waals surface area contributed by atoms with Gasteiger partial charge in [0.15, 0.2) is 0 Å². The average Bonchev–Trinajstić information content (AvgIpc) is 2.34. The highest BCUT2D eigenvalue weighted by Crippen LogP contribution is 2.10. The molecule has 2 rings (SSSR count). The van der Waals surface area contributed by atoms with Crippen molar-refractivity contribution in [3.63, 3.8) is 0 Å². The van der Waals surface area contributed by atoms with Crippen LogP contribution in [0.5, 0.6) is 0 Å². The molecule has 0 aliphatic heterocycles. The van der Waals surface area contributed by atoms with E-state index in [1.807, 2.05) is 0 Å². The summed E-state index contributed by atoms with van der Waals surface area (Å²) < 4.78 is 12.4. The molecule has 0 radical (unpaired) electrons. The van der Waals surface area contributed by atoms with Gasteiger partial charge in [-0.25, -0.2) is 0 Å². The lowest BCUT2D eigenvalue weighted by Gasteiger charge is -1.74. The van der Waals surface area contributed by atoms with Crippen LogP contribution in [0.25, 0.3) is 4.96 Å². The summed E-state index contributed by atoms with van der Waals surface area (Å²) in [6, 6.07) is 1.74. The summed E-state index contributed by atoms with van der Waals surface area (Å²) >= 11 is 0. The summed E-state index contributed by atoms with van der Waals surface area (Å²) in [6.45, 7) is 0. The Hall–Kier alpha value is -1.07. The maximum absolute atomic E-state index is 10.9. The van der Waals surface area contributed by atoms with E-state index in [9.17, 15) is 4.55 Å². The van der Waals surface area contributed by atoms with Crippen molar-refractivity contribution in [3.8, 4) is 0 Å². The first-order valence-corrected chi connectivity index (χ1v) is 3.91. The van der Waals surface area contributed by atoms with Crippen molar-refractivity contribution >= 4 is 15.7 Å². The van der Waals surface area contributed by atoms with E-state index in [-0.39, 0.29) is 0 Å². The normalized spacial score (nSPS) is 12.3. The largest absolute Gasteiger partial charge is 0.583 e. The number of nitrogens with zero attached hydrogens (tertiary/aromatic N) is 3. The first kappa shape index (κ1) is 5.70. The zero-order chi connectivity index (χ0) is 6.97. The SMILES string of the molecule is [O-][s+]1cn[n+]2cccnc21. The molecule has 0 bridgehead atoms. The maximum atomic E-state index is 10.9. The summed E-state index contributed by atoms with van der Waals surface area (Å²) in [6.07, 6.45) is 3.31. The molecular formula is C5H4N3OS+. The fourth-order valence-corrected chi connectivity index (χ4v) is 1.46. The van der Waals surface area contributed by atoms with Crippen molar-refractivity contribution in [1.29, 1.82) is 0 Å². The summed E-state index contributed by atoms with van der Waals surface area (Å²) in [7, 11) is -1.14. The van der Waals surface area contributed by atoms with E-state index >= 15 is 0 Å². The third-order valence-corrected chi connectivity index (χ3v) is 2.08. The van der Waals surface area contributed by atoms with E-state index in [0.29, 0.717) is 4.96 Å². The van der Waals surface area contributed by atoms with Crippen molar-refractivity contribution in [2.75, 3.05) is 0 Å². The zero-order valence-electron chi connectivity index (χ0n) is 4.97. The molecule has 2 aromatic heterocycles. The van der Waals surface area contributed by atoms with Crippen molar-refractivity contribution in [2.45, 2.75) is 0 Å². The van der Waals surface area contributed by atoms with Crippen LogP contribution in [-0.2, 0) is 0 Å². The molecule has 0 N–H and O–H groups in total. The molecule has 2 aromatic rings. The quantitative estimate of drug-likeness (QED) is 0.394. The molecule has 50 valence electrons. The second-order valence-corrected chi connectivity index (χ2v) is 2.94. The molecule has 0 saturated carbocycles.